The van der Waals surface area contributed by atoms with Crippen molar-refractivity contribution in [2.24, 2.45) is 0 Å². The lowest BCUT2D eigenvalue weighted by Gasteiger charge is -1.97. The molecule has 0 fully saturated rings. The minimum Gasteiger partial charge on any atom is -0.399 e. The van der Waals surface area contributed by atoms with Crippen LogP contribution < -0.4 is 5.73 Å². The predicted octanol–water partition coefficient (Wildman–Crippen LogP) is 3.72. The standard InChI is InChI=1S/C10H11BrClN/c11-4-2-1-3-8-5-9(12)7-10(13)6-8/h1,3,5-7H,2,4,13H2. The topological polar surface area (TPSA) is 26.0 Å². The average Bonchev–Trinajstić information content (AvgIpc) is 2.03. The summed E-state index contributed by atoms with van der Waals surface area (Å²) < 4.78 is 0. The fourth-order valence-corrected chi connectivity index (χ4v) is 1.53. The van der Waals surface area contributed by atoms with Crippen molar-refractivity contribution in [2.45, 2.75) is 6.42 Å². The molecule has 2 N–H and O–H groups in total. The van der Waals surface area contributed by atoms with E-state index in [1.165, 1.54) is 0 Å². The quantitative estimate of drug-likeness (QED) is 0.650. The summed E-state index contributed by atoms with van der Waals surface area (Å²) in [5.74, 6) is 0. The molecule has 0 spiro atoms. The van der Waals surface area contributed by atoms with Gasteiger partial charge in [0.1, 0.15) is 0 Å². The Labute approximate surface area is 91.7 Å². The lowest BCUT2D eigenvalue weighted by molar-refractivity contribution is 1.27. The van der Waals surface area contributed by atoms with Gasteiger partial charge in [-0.15, -0.1) is 0 Å². The summed E-state index contributed by atoms with van der Waals surface area (Å²) in [7, 11) is 0. The van der Waals surface area contributed by atoms with Gasteiger partial charge in [-0.25, -0.2) is 0 Å². The maximum Gasteiger partial charge on any atom is 0.0432 e. The van der Waals surface area contributed by atoms with Crippen LogP contribution in [0.2, 0.25) is 5.02 Å². The Hall–Kier alpha value is -0.470. The molecule has 1 nitrogen and oxygen atoms in total. The van der Waals surface area contributed by atoms with Crippen LogP contribution in [-0.2, 0) is 0 Å². The third-order valence-electron chi connectivity index (χ3n) is 1.53. The molecule has 0 amide bonds. The van der Waals surface area contributed by atoms with Gasteiger partial charge in [-0.1, -0.05) is 39.7 Å². The summed E-state index contributed by atoms with van der Waals surface area (Å²) in [6.07, 6.45) is 5.11. The Morgan fingerprint density at radius 2 is 2.15 bits per heavy atom. The molecule has 0 unspecified atom stereocenters. The van der Waals surface area contributed by atoms with Gasteiger partial charge < -0.3 is 5.73 Å². The van der Waals surface area contributed by atoms with E-state index in [9.17, 15) is 0 Å². The first kappa shape index (κ1) is 10.6. The smallest absolute Gasteiger partial charge is 0.0432 e. The Balaban J connectivity index is 2.77. The first-order chi connectivity index (χ1) is 6.22. The summed E-state index contributed by atoms with van der Waals surface area (Å²) in [6, 6.07) is 5.53. The molecule has 1 rings (SSSR count). The Morgan fingerprint density at radius 1 is 1.38 bits per heavy atom. The molecule has 0 saturated carbocycles. The summed E-state index contributed by atoms with van der Waals surface area (Å²) >= 11 is 9.19. The van der Waals surface area contributed by atoms with Gasteiger partial charge in [-0.3, -0.25) is 0 Å². The fourth-order valence-electron chi connectivity index (χ4n) is 1.01. The second-order valence-electron chi connectivity index (χ2n) is 2.70. The first-order valence-electron chi connectivity index (χ1n) is 4.01. The number of halogens is 2. The highest BCUT2D eigenvalue weighted by Crippen LogP contribution is 2.17. The van der Waals surface area contributed by atoms with E-state index < -0.39 is 0 Å². The molecule has 1 aromatic rings. The molecule has 0 radical (unpaired) electrons. The number of nitrogens with two attached hydrogens (primary N) is 1. The van der Waals surface area contributed by atoms with Crippen LogP contribution in [0.3, 0.4) is 0 Å². The second kappa shape index (κ2) is 5.30. The molecule has 70 valence electrons. The molecular formula is C10H11BrClN. The Morgan fingerprint density at radius 3 is 2.77 bits per heavy atom. The van der Waals surface area contributed by atoms with E-state index in [-0.39, 0.29) is 0 Å². The maximum atomic E-state index is 5.84. The van der Waals surface area contributed by atoms with Crippen LogP contribution in [0.5, 0.6) is 0 Å². The number of hydrogen-bond donors (Lipinski definition) is 1. The summed E-state index contributed by atoms with van der Waals surface area (Å²) in [6.45, 7) is 0. The van der Waals surface area contributed by atoms with Crippen LogP contribution in [0.15, 0.2) is 24.3 Å². The van der Waals surface area contributed by atoms with E-state index in [1.54, 1.807) is 6.07 Å². The molecule has 3 heteroatoms. The first-order valence-corrected chi connectivity index (χ1v) is 5.51. The highest BCUT2D eigenvalue weighted by Gasteiger charge is 1.92. The van der Waals surface area contributed by atoms with Gasteiger partial charge >= 0.3 is 0 Å². The lowest BCUT2D eigenvalue weighted by atomic mass is 10.2. The number of nitrogen functional groups attached to an aromatic ring is 1. The average molecular weight is 261 g/mol. The largest absolute Gasteiger partial charge is 0.399 e. The zero-order valence-electron chi connectivity index (χ0n) is 7.13. The number of alkyl halides is 1. The molecule has 0 aliphatic carbocycles. The number of allylic oxidation sites excluding steroid dienone is 1. The van der Waals surface area contributed by atoms with Gasteiger partial charge in [0.25, 0.3) is 0 Å². The van der Waals surface area contributed by atoms with Gasteiger partial charge in [0.05, 0.1) is 0 Å². The van der Waals surface area contributed by atoms with E-state index in [1.807, 2.05) is 18.2 Å². The lowest BCUT2D eigenvalue weighted by Crippen LogP contribution is -1.84. The van der Waals surface area contributed by atoms with Crippen LogP contribution in [0.25, 0.3) is 6.08 Å². The predicted molar refractivity (Wildman–Crippen MR) is 63.3 cm³/mol. The van der Waals surface area contributed by atoms with Gasteiger partial charge in [-0.05, 0) is 30.2 Å². The number of hydrogen-bond acceptors (Lipinski definition) is 1. The van der Waals surface area contributed by atoms with Gasteiger partial charge in [0.2, 0.25) is 0 Å². The third-order valence-corrected chi connectivity index (χ3v) is 2.20. The van der Waals surface area contributed by atoms with Crippen LogP contribution >= 0.6 is 27.5 Å². The molecule has 0 bridgehead atoms. The van der Waals surface area contributed by atoms with Gasteiger partial charge in [0.15, 0.2) is 0 Å². The molecule has 0 aromatic heterocycles. The normalized spacial score (nSPS) is 10.9. The molecule has 0 atom stereocenters. The zero-order chi connectivity index (χ0) is 9.68. The monoisotopic (exact) mass is 259 g/mol. The minimum atomic E-state index is 0.679. The number of benzene rings is 1. The van der Waals surface area contributed by atoms with Crippen LogP contribution in [0.1, 0.15) is 12.0 Å². The molecule has 13 heavy (non-hydrogen) atoms. The van der Waals surface area contributed by atoms with E-state index in [0.29, 0.717) is 10.7 Å². The van der Waals surface area contributed by atoms with E-state index in [2.05, 4.69) is 22.0 Å². The van der Waals surface area contributed by atoms with Crippen molar-refractivity contribution in [3.8, 4) is 0 Å². The van der Waals surface area contributed by atoms with Crippen molar-refractivity contribution in [2.75, 3.05) is 11.1 Å². The minimum absolute atomic E-state index is 0.679. The Bertz CT molecular complexity index is 290. The van der Waals surface area contributed by atoms with E-state index in [4.69, 9.17) is 17.3 Å². The van der Waals surface area contributed by atoms with E-state index >= 15 is 0 Å². The summed E-state index contributed by atoms with van der Waals surface area (Å²) in [5, 5.41) is 1.65. The molecule has 0 saturated heterocycles. The SMILES string of the molecule is Nc1cc(Cl)cc(C=CCCBr)c1. The number of anilines is 1. The van der Waals surface area contributed by atoms with E-state index in [0.717, 1.165) is 17.3 Å². The summed E-state index contributed by atoms with van der Waals surface area (Å²) in [5.41, 5.74) is 7.38. The van der Waals surface area contributed by atoms with Crippen molar-refractivity contribution in [3.63, 3.8) is 0 Å². The van der Waals surface area contributed by atoms with Crippen molar-refractivity contribution >= 4 is 39.3 Å². The molecule has 0 aliphatic heterocycles. The third kappa shape index (κ3) is 3.83. The molecule has 0 heterocycles. The zero-order valence-corrected chi connectivity index (χ0v) is 9.48. The maximum absolute atomic E-state index is 5.84. The highest BCUT2D eigenvalue weighted by atomic mass is 79.9. The van der Waals surface area contributed by atoms with Crippen LogP contribution in [-0.4, -0.2) is 5.33 Å². The van der Waals surface area contributed by atoms with Crippen molar-refractivity contribution < 1.29 is 0 Å². The van der Waals surface area contributed by atoms with Crippen molar-refractivity contribution in [1.29, 1.82) is 0 Å². The number of rotatable bonds is 3. The highest BCUT2D eigenvalue weighted by molar-refractivity contribution is 9.09. The summed E-state index contributed by atoms with van der Waals surface area (Å²) in [4.78, 5) is 0. The second-order valence-corrected chi connectivity index (χ2v) is 3.93. The molecule has 0 aliphatic rings. The van der Waals surface area contributed by atoms with Crippen LogP contribution in [0.4, 0.5) is 5.69 Å². The molecular weight excluding hydrogens is 249 g/mol. The van der Waals surface area contributed by atoms with Crippen molar-refractivity contribution in [1.82, 2.24) is 0 Å². The Kier molecular flexibility index (Phi) is 4.33. The van der Waals surface area contributed by atoms with Gasteiger partial charge in [0, 0.05) is 16.0 Å². The molecule has 1 aromatic carbocycles. The fraction of sp³-hybridized carbons (Fsp3) is 0.200. The van der Waals surface area contributed by atoms with Gasteiger partial charge in [-0.2, -0.15) is 0 Å². The van der Waals surface area contributed by atoms with Crippen LogP contribution in [0, 0.1) is 0 Å². The van der Waals surface area contributed by atoms with Crippen molar-refractivity contribution in [3.05, 3.63) is 34.9 Å².